The fraction of sp³-hybridized carbons (Fsp3) is 0.267. The second-order valence-electron chi connectivity index (χ2n) is 5.18. The van der Waals surface area contributed by atoms with Gasteiger partial charge in [-0.25, -0.2) is 14.3 Å². The van der Waals surface area contributed by atoms with Crippen LogP contribution in [0.1, 0.15) is 10.5 Å². The van der Waals surface area contributed by atoms with Gasteiger partial charge in [0, 0.05) is 25.5 Å². The highest BCUT2D eigenvalue weighted by molar-refractivity contribution is 6.03. The first-order valence-electron chi connectivity index (χ1n) is 7.20. The van der Waals surface area contributed by atoms with Crippen LogP contribution in [-0.2, 0) is 16.6 Å². The van der Waals surface area contributed by atoms with Crippen molar-refractivity contribution >= 4 is 28.7 Å². The van der Waals surface area contributed by atoms with Crippen LogP contribution in [0.4, 0.5) is 4.79 Å². The maximum Gasteiger partial charge on any atom is 0.359 e. The first-order valence-corrected chi connectivity index (χ1v) is 7.20. The van der Waals surface area contributed by atoms with Crippen LogP contribution in [0.2, 0.25) is 0 Å². The number of amides is 3. The van der Waals surface area contributed by atoms with Crippen LogP contribution in [0.25, 0.3) is 10.8 Å². The van der Waals surface area contributed by atoms with E-state index in [2.05, 4.69) is 10.4 Å². The molecule has 3 amide bonds. The van der Waals surface area contributed by atoms with Crippen LogP contribution in [0.5, 0.6) is 0 Å². The van der Waals surface area contributed by atoms with Crippen molar-refractivity contribution in [1.82, 2.24) is 20.0 Å². The number of ether oxygens (including phenoxy) is 1. The predicted molar refractivity (Wildman–Crippen MR) is 82.4 cm³/mol. The van der Waals surface area contributed by atoms with Gasteiger partial charge in [0.2, 0.25) is 0 Å². The van der Waals surface area contributed by atoms with E-state index < -0.39 is 24.5 Å². The van der Waals surface area contributed by atoms with Crippen LogP contribution in [-0.4, -0.2) is 52.3 Å². The largest absolute Gasteiger partial charge is 0.451 e. The van der Waals surface area contributed by atoms with E-state index in [1.807, 2.05) is 0 Å². The Bertz CT molecular complexity index is 904. The summed E-state index contributed by atoms with van der Waals surface area (Å²) in [4.78, 5) is 48.5. The highest BCUT2D eigenvalue weighted by atomic mass is 16.5. The van der Waals surface area contributed by atoms with E-state index in [0.29, 0.717) is 17.3 Å². The third kappa shape index (κ3) is 2.71. The van der Waals surface area contributed by atoms with Gasteiger partial charge in [0.25, 0.3) is 11.5 Å². The van der Waals surface area contributed by atoms with Gasteiger partial charge in [-0.1, -0.05) is 18.2 Å². The Morgan fingerprint density at radius 1 is 1.25 bits per heavy atom. The highest BCUT2D eigenvalue weighted by Crippen LogP contribution is 2.14. The Labute approximate surface area is 135 Å². The predicted octanol–water partition coefficient (Wildman–Crippen LogP) is -0.358. The number of nitrogens with one attached hydrogen (secondary N) is 1. The van der Waals surface area contributed by atoms with Gasteiger partial charge in [-0.15, -0.1) is 0 Å². The number of nitrogens with zero attached hydrogens (tertiary/aromatic N) is 3. The van der Waals surface area contributed by atoms with Gasteiger partial charge in [-0.2, -0.15) is 5.10 Å². The Morgan fingerprint density at radius 3 is 2.62 bits per heavy atom. The maximum absolute atomic E-state index is 12.3. The Hall–Kier alpha value is -3.23. The molecule has 0 aliphatic carbocycles. The third-order valence-corrected chi connectivity index (χ3v) is 3.63. The summed E-state index contributed by atoms with van der Waals surface area (Å²) in [6, 6.07) is 5.99. The number of rotatable bonds is 3. The average molecular weight is 330 g/mol. The first kappa shape index (κ1) is 15.7. The average Bonchev–Trinajstić information content (AvgIpc) is 3.02. The molecule has 24 heavy (non-hydrogen) atoms. The van der Waals surface area contributed by atoms with Crippen molar-refractivity contribution in [1.29, 1.82) is 0 Å². The van der Waals surface area contributed by atoms with Crippen molar-refractivity contribution in [2.45, 2.75) is 0 Å². The van der Waals surface area contributed by atoms with Crippen molar-refractivity contribution in [3.8, 4) is 0 Å². The van der Waals surface area contributed by atoms with Gasteiger partial charge in [0.05, 0.1) is 5.39 Å². The molecule has 0 bridgehead atoms. The van der Waals surface area contributed by atoms with Crippen LogP contribution in [0.15, 0.2) is 29.1 Å². The van der Waals surface area contributed by atoms with E-state index in [4.69, 9.17) is 4.74 Å². The maximum atomic E-state index is 12.3. The second-order valence-corrected chi connectivity index (χ2v) is 5.18. The number of aromatic nitrogens is 2. The summed E-state index contributed by atoms with van der Waals surface area (Å²) in [6.07, 6.45) is 0. The molecule has 1 N–H and O–H groups in total. The summed E-state index contributed by atoms with van der Waals surface area (Å²) in [6.45, 7) is 0.0207. The quantitative estimate of drug-likeness (QED) is 0.770. The summed E-state index contributed by atoms with van der Waals surface area (Å²) < 4.78 is 6.00. The van der Waals surface area contributed by atoms with Crippen LogP contribution < -0.4 is 10.9 Å². The number of hydrogen-bond acceptors (Lipinski definition) is 6. The van der Waals surface area contributed by atoms with Crippen molar-refractivity contribution in [2.24, 2.45) is 7.05 Å². The third-order valence-electron chi connectivity index (χ3n) is 3.63. The van der Waals surface area contributed by atoms with Gasteiger partial charge < -0.3 is 10.1 Å². The molecule has 0 atom stereocenters. The molecule has 1 aromatic heterocycles. The van der Waals surface area contributed by atoms with E-state index in [-0.39, 0.29) is 17.8 Å². The molecule has 0 radical (unpaired) electrons. The molecule has 1 saturated heterocycles. The monoisotopic (exact) mass is 330 g/mol. The molecule has 0 unspecified atom stereocenters. The zero-order valence-corrected chi connectivity index (χ0v) is 12.8. The zero-order chi connectivity index (χ0) is 17.3. The van der Waals surface area contributed by atoms with Gasteiger partial charge in [0.1, 0.15) is 0 Å². The van der Waals surface area contributed by atoms with Crippen molar-refractivity contribution in [2.75, 3.05) is 19.7 Å². The fourth-order valence-electron chi connectivity index (χ4n) is 2.43. The lowest BCUT2D eigenvalue weighted by Crippen LogP contribution is -2.37. The lowest BCUT2D eigenvalue weighted by atomic mass is 10.1. The van der Waals surface area contributed by atoms with Gasteiger partial charge in [-0.3, -0.25) is 14.5 Å². The van der Waals surface area contributed by atoms with Crippen LogP contribution in [0.3, 0.4) is 0 Å². The molecule has 124 valence electrons. The minimum absolute atomic E-state index is 0.0635. The zero-order valence-electron chi connectivity index (χ0n) is 12.8. The molecular weight excluding hydrogens is 316 g/mol. The number of carbonyl (C=O) groups is 3. The molecular formula is C15H14N4O5. The number of fused-ring (bicyclic) bond motifs is 1. The van der Waals surface area contributed by atoms with Gasteiger partial charge in [-0.05, 0) is 6.07 Å². The molecule has 0 spiro atoms. The Kier molecular flexibility index (Phi) is 3.98. The molecule has 9 heteroatoms. The number of esters is 1. The lowest BCUT2D eigenvalue weighted by molar-refractivity contribution is -0.130. The Balaban J connectivity index is 1.82. The Morgan fingerprint density at radius 2 is 1.96 bits per heavy atom. The smallest absolute Gasteiger partial charge is 0.359 e. The SMILES string of the molecule is Cn1nc(C(=O)OCC(=O)N2CCNC2=O)c2ccccc2c1=O. The molecule has 1 aliphatic heterocycles. The van der Waals surface area contributed by atoms with Gasteiger partial charge >= 0.3 is 12.0 Å². The number of urea groups is 1. The van der Waals surface area contributed by atoms with Gasteiger partial charge in [0.15, 0.2) is 12.3 Å². The lowest BCUT2D eigenvalue weighted by Gasteiger charge is -2.12. The second kappa shape index (κ2) is 6.11. The number of aryl methyl sites for hydroxylation is 1. The van der Waals surface area contributed by atoms with Crippen LogP contribution in [0, 0.1) is 0 Å². The van der Waals surface area contributed by atoms with E-state index in [0.717, 1.165) is 9.58 Å². The summed E-state index contributed by atoms with van der Waals surface area (Å²) >= 11 is 0. The summed E-state index contributed by atoms with van der Waals surface area (Å²) in [7, 11) is 1.42. The first-order chi connectivity index (χ1) is 11.5. The number of imide groups is 1. The van der Waals surface area contributed by atoms with E-state index in [1.165, 1.54) is 7.05 Å². The summed E-state index contributed by atoms with van der Waals surface area (Å²) in [5.74, 6) is -1.46. The molecule has 1 aromatic carbocycles. The normalized spacial score (nSPS) is 13.9. The standard InChI is InChI=1S/C15H14N4O5/c1-18-13(21)10-5-3-2-4-9(10)12(17-18)14(22)24-8-11(20)19-7-6-16-15(19)23/h2-5H,6-8H2,1H3,(H,16,23). The van der Waals surface area contributed by atoms with E-state index >= 15 is 0 Å². The number of hydrogen-bond donors (Lipinski definition) is 1. The molecule has 2 heterocycles. The minimum atomic E-state index is -0.838. The molecule has 1 fully saturated rings. The molecule has 9 nitrogen and oxygen atoms in total. The molecule has 1 aliphatic rings. The highest BCUT2D eigenvalue weighted by Gasteiger charge is 2.27. The number of carbonyl (C=O) groups excluding carboxylic acids is 3. The van der Waals surface area contributed by atoms with Crippen molar-refractivity contribution in [3.63, 3.8) is 0 Å². The molecule has 0 saturated carbocycles. The van der Waals surface area contributed by atoms with Crippen LogP contribution >= 0.6 is 0 Å². The fourth-order valence-corrected chi connectivity index (χ4v) is 2.43. The minimum Gasteiger partial charge on any atom is -0.451 e. The topological polar surface area (TPSA) is 111 Å². The van der Waals surface area contributed by atoms with Crippen molar-refractivity contribution < 1.29 is 19.1 Å². The molecule has 2 aromatic rings. The molecule has 3 rings (SSSR count). The van der Waals surface area contributed by atoms with E-state index in [1.54, 1.807) is 24.3 Å². The van der Waals surface area contributed by atoms with E-state index in [9.17, 15) is 19.2 Å². The summed E-state index contributed by atoms with van der Waals surface area (Å²) in [5.41, 5.74) is -0.404. The number of benzene rings is 1. The summed E-state index contributed by atoms with van der Waals surface area (Å²) in [5, 5.41) is 7.07. The van der Waals surface area contributed by atoms with Crippen molar-refractivity contribution in [3.05, 3.63) is 40.3 Å².